The third-order valence-electron chi connectivity index (χ3n) is 4.13. The van der Waals surface area contributed by atoms with E-state index in [0.29, 0.717) is 12.1 Å². The number of halogens is 8. The van der Waals surface area contributed by atoms with E-state index < -0.39 is 52.7 Å². The van der Waals surface area contributed by atoms with Gasteiger partial charge in [-0.2, -0.15) is 26.3 Å². The van der Waals surface area contributed by atoms with Crippen LogP contribution in [0.4, 0.5) is 45.6 Å². The summed E-state index contributed by atoms with van der Waals surface area (Å²) < 4.78 is 105. The molecule has 31 heavy (non-hydrogen) atoms. The van der Waals surface area contributed by atoms with Gasteiger partial charge < -0.3 is 10.4 Å². The van der Waals surface area contributed by atoms with Crippen molar-refractivity contribution in [3.63, 3.8) is 0 Å². The van der Waals surface area contributed by atoms with Gasteiger partial charge in [0.15, 0.2) is 0 Å². The average molecular weight is 456 g/mol. The summed E-state index contributed by atoms with van der Waals surface area (Å²) in [7, 11) is 0. The van der Waals surface area contributed by atoms with E-state index in [1.807, 2.05) is 5.32 Å². The number of imide groups is 1. The number of hydrogen-bond acceptors (Lipinski definition) is 3. The molecule has 0 radical (unpaired) electrons. The van der Waals surface area contributed by atoms with Crippen molar-refractivity contribution in [2.24, 2.45) is 0 Å². The highest BCUT2D eigenvalue weighted by atomic mass is 19.4. The molecule has 0 unspecified atom stereocenters. The summed E-state index contributed by atoms with van der Waals surface area (Å²) in [6, 6.07) is 2.35. The quantitative estimate of drug-likeness (QED) is 0.594. The van der Waals surface area contributed by atoms with Crippen molar-refractivity contribution in [1.82, 2.24) is 5.32 Å². The molecule has 168 valence electrons. The van der Waals surface area contributed by atoms with Gasteiger partial charge in [-0.25, -0.2) is 13.6 Å². The van der Waals surface area contributed by atoms with Crippen LogP contribution in [0, 0.1) is 18.6 Å². The molecule has 0 fully saturated rings. The minimum atomic E-state index is -6.10. The van der Waals surface area contributed by atoms with Gasteiger partial charge in [0.25, 0.3) is 11.5 Å². The minimum absolute atomic E-state index is 0.280. The highest BCUT2D eigenvalue weighted by molar-refractivity contribution is 6.08. The lowest BCUT2D eigenvalue weighted by atomic mass is 9.90. The fourth-order valence-corrected chi connectivity index (χ4v) is 2.55. The number of rotatable bonds is 3. The minimum Gasteiger partial charge on any atom is -0.369 e. The van der Waals surface area contributed by atoms with Gasteiger partial charge in [-0.3, -0.25) is 10.1 Å². The molecule has 0 atom stereocenters. The van der Waals surface area contributed by atoms with Crippen LogP contribution in [0.5, 0.6) is 0 Å². The monoisotopic (exact) mass is 456 g/mol. The number of amides is 3. The summed E-state index contributed by atoms with van der Waals surface area (Å²) in [6.07, 6.45) is -12.2. The van der Waals surface area contributed by atoms with Crippen molar-refractivity contribution in [1.29, 1.82) is 0 Å². The topological polar surface area (TPSA) is 78.4 Å². The SMILES string of the molecule is Cc1cc(C(O)(C(F)(F)F)C(F)(F)F)ccc1NC(=O)NC(=O)c1c(F)cccc1F. The molecular formula is C18H12F8N2O3. The molecule has 0 saturated heterocycles. The molecule has 0 aliphatic rings. The maximum Gasteiger partial charge on any atom is 0.430 e. The first-order valence-electron chi connectivity index (χ1n) is 8.13. The third kappa shape index (κ3) is 4.60. The Morgan fingerprint density at radius 1 is 0.903 bits per heavy atom. The molecule has 0 heterocycles. The Hall–Kier alpha value is -3.22. The number of anilines is 1. The first-order chi connectivity index (χ1) is 14.1. The number of aryl methyl sites for hydroxylation is 1. The van der Waals surface area contributed by atoms with E-state index in [9.17, 15) is 49.8 Å². The summed E-state index contributed by atoms with van der Waals surface area (Å²) in [6.45, 7) is 1.02. The molecule has 0 aliphatic carbocycles. The summed E-state index contributed by atoms with van der Waals surface area (Å²) in [5.41, 5.74) is -8.48. The number of urea groups is 1. The van der Waals surface area contributed by atoms with Crippen LogP contribution < -0.4 is 10.6 Å². The number of carbonyl (C=O) groups is 2. The second-order valence-corrected chi connectivity index (χ2v) is 6.24. The first-order valence-corrected chi connectivity index (χ1v) is 8.13. The van der Waals surface area contributed by atoms with Crippen LogP contribution in [0.25, 0.3) is 0 Å². The van der Waals surface area contributed by atoms with E-state index in [1.54, 1.807) is 5.32 Å². The van der Waals surface area contributed by atoms with Crippen molar-refractivity contribution < 1.29 is 49.8 Å². The maximum atomic E-state index is 13.6. The van der Waals surface area contributed by atoms with Crippen LogP contribution in [0.1, 0.15) is 21.5 Å². The van der Waals surface area contributed by atoms with E-state index >= 15 is 0 Å². The lowest BCUT2D eigenvalue weighted by Crippen LogP contribution is -2.53. The maximum absolute atomic E-state index is 13.6. The summed E-state index contributed by atoms with van der Waals surface area (Å²) in [5, 5.41) is 12.9. The van der Waals surface area contributed by atoms with Gasteiger partial charge >= 0.3 is 18.4 Å². The third-order valence-corrected chi connectivity index (χ3v) is 4.13. The Balaban J connectivity index is 2.26. The standard InChI is InChI=1S/C18H12F8N2O3/c1-8-7-9(16(31,17(21,22)23)18(24,25)26)5-6-12(8)27-15(30)28-14(29)13-10(19)3-2-4-11(13)20/h2-7,31H,1H3,(H2,27,28,29,30). The number of aliphatic hydroxyl groups is 1. The first kappa shape index (κ1) is 24.1. The van der Waals surface area contributed by atoms with E-state index in [-0.39, 0.29) is 17.3 Å². The second-order valence-electron chi connectivity index (χ2n) is 6.24. The highest BCUT2D eigenvalue weighted by Gasteiger charge is 2.71. The predicted molar refractivity (Wildman–Crippen MR) is 90.0 cm³/mol. The summed E-state index contributed by atoms with van der Waals surface area (Å²) in [4.78, 5) is 23.7. The normalized spacial score (nSPS) is 12.5. The number of nitrogens with one attached hydrogen (secondary N) is 2. The van der Waals surface area contributed by atoms with Crippen LogP contribution in [0.15, 0.2) is 36.4 Å². The van der Waals surface area contributed by atoms with Crippen molar-refractivity contribution in [3.05, 3.63) is 64.7 Å². The van der Waals surface area contributed by atoms with Crippen LogP contribution >= 0.6 is 0 Å². The van der Waals surface area contributed by atoms with Gasteiger partial charge in [0, 0.05) is 11.3 Å². The second kappa shape index (κ2) is 8.13. The van der Waals surface area contributed by atoms with Gasteiger partial charge in [-0.05, 0) is 30.7 Å². The zero-order chi connectivity index (χ0) is 23.8. The van der Waals surface area contributed by atoms with Crippen molar-refractivity contribution in [3.8, 4) is 0 Å². The molecule has 0 bridgehead atoms. The molecule has 3 N–H and O–H groups in total. The Bertz CT molecular complexity index is 984. The Morgan fingerprint density at radius 2 is 1.42 bits per heavy atom. The number of hydrogen-bond donors (Lipinski definition) is 3. The van der Waals surface area contributed by atoms with E-state index in [2.05, 4.69) is 0 Å². The molecule has 2 aromatic rings. The number of carbonyl (C=O) groups excluding carboxylic acids is 2. The van der Waals surface area contributed by atoms with Crippen LogP contribution in [0.2, 0.25) is 0 Å². The molecule has 0 saturated carbocycles. The molecule has 2 aromatic carbocycles. The predicted octanol–water partition coefficient (Wildman–Crippen LogP) is 4.55. The molecule has 0 aliphatic heterocycles. The lowest BCUT2D eigenvalue weighted by molar-refractivity contribution is -0.376. The molecule has 0 spiro atoms. The molecule has 2 rings (SSSR count). The lowest BCUT2D eigenvalue weighted by Gasteiger charge is -2.33. The Labute approximate surface area is 168 Å². The van der Waals surface area contributed by atoms with E-state index in [1.165, 1.54) is 0 Å². The van der Waals surface area contributed by atoms with Crippen molar-refractivity contribution >= 4 is 17.6 Å². The van der Waals surface area contributed by atoms with Crippen LogP contribution in [0.3, 0.4) is 0 Å². The fraction of sp³-hybridized carbons (Fsp3) is 0.222. The largest absolute Gasteiger partial charge is 0.430 e. The van der Waals surface area contributed by atoms with Crippen molar-refractivity contribution in [2.75, 3.05) is 5.32 Å². The number of alkyl halides is 6. The molecule has 13 heteroatoms. The van der Waals surface area contributed by atoms with E-state index in [4.69, 9.17) is 0 Å². The van der Waals surface area contributed by atoms with Gasteiger partial charge in [0.05, 0.1) is 0 Å². The van der Waals surface area contributed by atoms with Crippen molar-refractivity contribution in [2.45, 2.75) is 24.9 Å². The molecular weight excluding hydrogens is 444 g/mol. The van der Waals surface area contributed by atoms with Gasteiger partial charge in [0.2, 0.25) is 0 Å². The average Bonchev–Trinajstić information content (AvgIpc) is 2.60. The molecule has 3 amide bonds. The number of benzene rings is 2. The highest BCUT2D eigenvalue weighted by Crippen LogP contribution is 2.50. The Morgan fingerprint density at radius 3 is 1.87 bits per heavy atom. The smallest absolute Gasteiger partial charge is 0.369 e. The zero-order valence-electron chi connectivity index (χ0n) is 15.3. The zero-order valence-corrected chi connectivity index (χ0v) is 15.3. The van der Waals surface area contributed by atoms with E-state index in [0.717, 1.165) is 25.1 Å². The summed E-state index contributed by atoms with van der Waals surface area (Å²) >= 11 is 0. The summed E-state index contributed by atoms with van der Waals surface area (Å²) in [5.74, 6) is -4.03. The molecule has 5 nitrogen and oxygen atoms in total. The van der Waals surface area contributed by atoms with Crippen LogP contribution in [-0.2, 0) is 5.60 Å². The van der Waals surface area contributed by atoms with Crippen LogP contribution in [-0.4, -0.2) is 29.4 Å². The fourth-order valence-electron chi connectivity index (χ4n) is 2.55. The Kier molecular flexibility index (Phi) is 6.31. The molecule has 0 aromatic heterocycles. The van der Waals surface area contributed by atoms with Gasteiger partial charge in [-0.15, -0.1) is 0 Å². The van der Waals surface area contributed by atoms with Gasteiger partial charge in [-0.1, -0.05) is 18.2 Å². The van der Waals surface area contributed by atoms with Gasteiger partial charge in [0.1, 0.15) is 17.2 Å².